The summed E-state index contributed by atoms with van der Waals surface area (Å²) in [5, 5.41) is 10.3. The van der Waals surface area contributed by atoms with E-state index in [1.165, 1.54) is 19.2 Å². The molecule has 0 aromatic heterocycles. The Labute approximate surface area is 140 Å². The number of nitrogens with zero attached hydrogens (tertiary/aromatic N) is 2. The molecule has 0 saturated heterocycles. The lowest BCUT2D eigenvalue weighted by Crippen LogP contribution is -2.42. The third-order valence-electron chi connectivity index (χ3n) is 3.77. The molecule has 0 spiro atoms. The average Bonchev–Trinajstić information content (AvgIpc) is 2.52. The zero-order valence-corrected chi connectivity index (χ0v) is 14.3. The number of hydrogen-bond donors (Lipinski definition) is 1. The van der Waals surface area contributed by atoms with E-state index in [2.05, 4.69) is 11.6 Å². The fraction of sp³-hybridized carbons (Fsp3) is 0.471. The first-order valence-corrected chi connectivity index (χ1v) is 7.44. The number of aryl methyl sites for hydroxylation is 1. The van der Waals surface area contributed by atoms with Crippen molar-refractivity contribution in [1.29, 1.82) is 0 Å². The number of alkyl halides is 3. The Morgan fingerprint density at radius 3 is 2.46 bits per heavy atom. The molecule has 1 unspecified atom stereocenters. The molecule has 4 nitrogen and oxygen atoms in total. The number of benzene rings is 1. The van der Waals surface area contributed by atoms with Gasteiger partial charge in [0, 0.05) is 31.6 Å². The van der Waals surface area contributed by atoms with Gasteiger partial charge in [-0.1, -0.05) is 6.08 Å². The van der Waals surface area contributed by atoms with Crippen molar-refractivity contribution in [3.63, 3.8) is 0 Å². The van der Waals surface area contributed by atoms with Gasteiger partial charge < -0.3 is 14.7 Å². The van der Waals surface area contributed by atoms with Gasteiger partial charge in [0.1, 0.15) is 5.75 Å². The van der Waals surface area contributed by atoms with Crippen molar-refractivity contribution in [2.75, 3.05) is 20.7 Å². The molecule has 134 valence electrons. The van der Waals surface area contributed by atoms with Crippen molar-refractivity contribution < 1.29 is 23.0 Å². The highest BCUT2D eigenvalue weighted by Crippen LogP contribution is 2.46. The van der Waals surface area contributed by atoms with Crippen LogP contribution in [-0.2, 0) is 5.60 Å². The first kappa shape index (κ1) is 20.0. The zero-order valence-electron chi connectivity index (χ0n) is 14.3. The molecule has 7 heteroatoms. The van der Waals surface area contributed by atoms with Gasteiger partial charge in [-0.2, -0.15) is 13.2 Å². The van der Waals surface area contributed by atoms with Crippen molar-refractivity contribution in [2.45, 2.75) is 32.0 Å². The van der Waals surface area contributed by atoms with Crippen LogP contribution in [0.4, 0.5) is 18.9 Å². The molecule has 24 heavy (non-hydrogen) atoms. The Bertz CT molecular complexity index is 615. The Morgan fingerprint density at radius 2 is 2.00 bits per heavy atom. The number of rotatable bonds is 7. The van der Waals surface area contributed by atoms with E-state index in [9.17, 15) is 18.3 Å². The van der Waals surface area contributed by atoms with Gasteiger partial charge in [-0.05, 0) is 25.5 Å². The highest BCUT2D eigenvalue weighted by atomic mass is 19.4. The van der Waals surface area contributed by atoms with E-state index in [4.69, 9.17) is 4.74 Å². The molecule has 1 aromatic rings. The molecular formula is C17H23F3N2O2. The molecular weight excluding hydrogens is 321 g/mol. The van der Waals surface area contributed by atoms with Crippen LogP contribution >= 0.6 is 0 Å². The topological polar surface area (TPSA) is 45.1 Å². The third kappa shape index (κ3) is 4.08. The molecule has 0 amide bonds. The van der Waals surface area contributed by atoms with Crippen molar-refractivity contribution in [1.82, 2.24) is 4.90 Å². The van der Waals surface area contributed by atoms with E-state index >= 15 is 0 Å². The van der Waals surface area contributed by atoms with E-state index in [0.717, 1.165) is 12.6 Å². The molecule has 0 radical (unpaired) electrons. The smallest absolute Gasteiger partial charge is 0.421 e. The fourth-order valence-electron chi connectivity index (χ4n) is 2.14. The zero-order chi connectivity index (χ0) is 18.5. The lowest BCUT2D eigenvalue weighted by atomic mass is 9.87. The van der Waals surface area contributed by atoms with E-state index in [-0.39, 0.29) is 11.3 Å². The van der Waals surface area contributed by atoms with Crippen LogP contribution < -0.4 is 4.74 Å². The second-order valence-corrected chi connectivity index (χ2v) is 5.51. The molecule has 0 fully saturated rings. The van der Waals surface area contributed by atoms with Crippen LogP contribution in [0.5, 0.6) is 5.75 Å². The summed E-state index contributed by atoms with van der Waals surface area (Å²) in [6.07, 6.45) is -2.92. The summed E-state index contributed by atoms with van der Waals surface area (Å²) in [5.41, 5.74) is -2.44. The van der Waals surface area contributed by atoms with Gasteiger partial charge in [0.05, 0.1) is 19.1 Å². The Balaban J connectivity index is 3.48. The van der Waals surface area contributed by atoms with Crippen LogP contribution in [0, 0.1) is 6.92 Å². The first-order chi connectivity index (χ1) is 11.1. The maximum absolute atomic E-state index is 13.4. The monoisotopic (exact) mass is 344 g/mol. The van der Waals surface area contributed by atoms with Crippen molar-refractivity contribution in [3.05, 3.63) is 35.9 Å². The minimum Gasteiger partial charge on any atom is -0.496 e. The summed E-state index contributed by atoms with van der Waals surface area (Å²) >= 11 is 0. The lowest BCUT2D eigenvalue weighted by molar-refractivity contribution is -0.265. The van der Waals surface area contributed by atoms with Gasteiger partial charge in [-0.15, -0.1) is 6.58 Å². The maximum atomic E-state index is 13.4. The van der Waals surface area contributed by atoms with Gasteiger partial charge in [0.15, 0.2) is 5.60 Å². The van der Waals surface area contributed by atoms with Crippen LogP contribution in [0.25, 0.3) is 0 Å². The van der Waals surface area contributed by atoms with E-state index in [0.29, 0.717) is 11.3 Å². The quantitative estimate of drug-likeness (QED) is 0.463. The van der Waals surface area contributed by atoms with Crippen LogP contribution in [0.1, 0.15) is 24.5 Å². The van der Waals surface area contributed by atoms with E-state index in [1.807, 2.05) is 18.9 Å². The van der Waals surface area contributed by atoms with Gasteiger partial charge in [-0.25, -0.2) is 4.99 Å². The summed E-state index contributed by atoms with van der Waals surface area (Å²) in [5.74, 6) is -0.0754. The van der Waals surface area contributed by atoms with Crippen LogP contribution in [0.3, 0.4) is 0 Å². The number of aliphatic imine (C=N–C) groups is 1. The summed E-state index contributed by atoms with van der Waals surface area (Å²) in [6.45, 7) is 7.63. The van der Waals surface area contributed by atoms with Crippen LogP contribution in [0.2, 0.25) is 0 Å². The third-order valence-corrected chi connectivity index (χ3v) is 3.77. The second kappa shape index (κ2) is 7.70. The number of aliphatic hydroxyl groups is 1. The van der Waals surface area contributed by atoms with Gasteiger partial charge in [-0.3, -0.25) is 0 Å². The standard InChI is InChI=1S/C17H23F3N2O2/c1-6-8-16(23,17(18,19)20)13-9-12(3)14(10-15(13)24-5)21-11-22(4)7-2/h6,9-11,23H,1,7-8H2,2-5H3/b21-11+. The van der Waals surface area contributed by atoms with Gasteiger partial charge in [0.25, 0.3) is 0 Å². The molecule has 1 aromatic carbocycles. The molecule has 1 atom stereocenters. The van der Waals surface area contributed by atoms with Gasteiger partial charge in [0.2, 0.25) is 0 Å². The largest absolute Gasteiger partial charge is 0.496 e. The number of halogens is 3. The van der Waals surface area contributed by atoms with Gasteiger partial charge >= 0.3 is 6.18 Å². The lowest BCUT2D eigenvalue weighted by Gasteiger charge is -2.31. The maximum Gasteiger partial charge on any atom is 0.421 e. The molecule has 0 saturated carbocycles. The van der Waals surface area contributed by atoms with E-state index < -0.39 is 18.2 Å². The Hall–Kier alpha value is -2.02. The Morgan fingerprint density at radius 1 is 1.38 bits per heavy atom. The Kier molecular flexibility index (Phi) is 6.42. The highest BCUT2D eigenvalue weighted by Gasteiger charge is 2.55. The molecule has 1 N–H and O–H groups in total. The van der Waals surface area contributed by atoms with Crippen LogP contribution in [-0.4, -0.2) is 43.2 Å². The predicted octanol–water partition coefficient (Wildman–Crippen LogP) is 3.94. The first-order valence-electron chi connectivity index (χ1n) is 7.44. The number of methoxy groups -OCH3 is 1. The number of hydrogen-bond acceptors (Lipinski definition) is 3. The predicted molar refractivity (Wildman–Crippen MR) is 89.0 cm³/mol. The second-order valence-electron chi connectivity index (χ2n) is 5.51. The average molecular weight is 344 g/mol. The normalized spacial score (nSPS) is 14.5. The SMILES string of the molecule is C=CCC(O)(c1cc(C)c(/N=C/N(C)CC)cc1OC)C(F)(F)F. The molecule has 0 bridgehead atoms. The highest BCUT2D eigenvalue weighted by molar-refractivity contribution is 5.65. The molecule has 1 rings (SSSR count). The molecule has 0 aliphatic heterocycles. The molecule has 0 heterocycles. The van der Waals surface area contributed by atoms with Crippen molar-refractivity contribution in [3.8, 4) is 5.75 Å². The summed E-state index contributed by atoms with van der Waals surface area (Å²) in [7, 11) is 3.08. The molecule has 0 aliphatic rings. The minimum absolute atomic E-state index is 0.0754. The van der Waals surface area contributed by atoms with E-state index in [1.54, 1.807) is 13.3 Å². The number of ether oxygens (including phenoxy) is 1. The fourth-order valence-corrected chi connectivity index (χ4v) is 2.14. The summed E-state index contributed by atoms with van der Waals surface area (Å²) in [6, 6.07) is 2.65. The summed E-state index contributed by atoms with van der Waals surface area (Å²) < 4.78 is 45.4. The van der Waals surface area contributed by atoms with Crippen LogP contribution in [0.15, 0.2) is 29.8 Å². The van der Waals surface area contributed by atoms with Crippen molar-refractivity contribution in [2.24, 2.45) is 4.99 Å². The summed E-state index contributed by atoms with van der Waals surface area (Å²) in [4.78, 5) is 6.08. The molecule has 0 aliphatic carbocycles. The van der Waals surface area contributed by atoms with Crippen molar-refractivity contribution >= 4 is 12.0 Å². The minimum atomic E-state index is -4.87.